The third kappa shape index (κ3) is 2.00. The second-order valence-corrected chi connectivity index (χ2v) is 4.84. The van der Waals surface area contributed by atoms with E-state index in [1.165, 1.54) is 20.2 Å². The highest BCUT2D eigenvalue weighted by atomic mass is 16.5. The number of benzene rings is 1. The number of hydrogen-bond donors (Lipinski definition) is 0. The summed E-state index contributed by atoms with van der Waals surface area (Å²) < 4.78 is 10.4. The molecular weight excluding hydrogens is 284 g/mol. The van der Waals surface area contributed by atoms with Crippen LogP contribution in [0.5, 0.6) is 11.6 Å². The molecule has 6 heteroatoms. The van der Waals surface area contributed by atoms with E-state index in [9.17, 15) is 9.59 Å². The van der Waals surface area contributed by atoms with Crippen LogP contribution < -0.4 is 9.47 Å². The molecule has 2 heterocycles. The maximum Gasteiger partial charge on any atom is 0.263 e. The number of carbonyl (C=O) groups excluding carboxylic acids is 2. The van der Waals surface area contributed by atoms with Crippen molar-refractivity contribution >= 4 is 11.8 Å². The molecule has 0 bridgehead atoms. The molecule has 0 spiro atoms. The first-order valence-corrected chi connectivity index (χ1v) is 6.62. The van der Waals surface area contributed by atoms with Crippen molar-refractivity contribution < 1.29 is 19.1 Å². The summed E-state index contributed by atoms with van der Waals surface area (Å²) in [6.07, 6.45) is 0. The summed E-state index contributed by atoms with van der Waals surface area (Å²) in [4.78, 5) is 30.0. The van der Waals surface area contributed by atoms with Gasteiger partial charge in [0.25, 0.3) is 11.8 Å². The van der Waals surface area contributed by atoms with Gasteiger partial charge < -0.3 is 9.47 Å². The van der Waals surface area contributed by atoms with Crippen molar-refractivity contribution in [1.29, 1.82) is 0 Å². The van der Waals surface area contributed by atoms with Crippen molar-refractivity contribution in [2.24, 2.45) is 0 Å². The molecule has 0 saturated heterocycles. The molecule has 1 aromatic heterocycles. The summed E-state index contributed by atoms with van der Waals surface area (Å²) in [5.41, 5.74) is 1.70. The van der Waals surface area contributed by atoms with Gasteiger partial charge in [0.1, 0.15) is 5.75 Å². The third-order valence-electron chi connectivity index (χ3n) is 3.60. The number of ether oxygens (including phenoxy) is 2. The smallest absolute Gasteiger partial charge is 0.263 e. The number of imide groups is 1. The maximum absolute atomic E-state index is 12.3. The average Bonchev–Trinajstić information content (AvgIpc) is 2.78. The Bertz CT molecular complexity index is 786. The number of hydrogen-bond acceptors (Lipinski definition) is 5. The molecule has 2 amide bonds. The largest absolute Gasteiger partial charge is 0.497 e. The van der Waals surface area contributed by atoms with Gasteiger partial charge >= 0.3 is 0 Å². The Labute approximate surface area is 127 Å². The van der Waals surface area contributed by atoms with Gasteiger partial charge in [-0.05, 0) is 12.1 Å². The average molecular weight is 298 g/mol. The first-order valence-electron chi connectivity index (χ1n) is 6.62. The van der Waals surface area contributed by atoms with Crippen LogP contribution >= 0.6 is 0 Å². The number of carbonyl (C=O) groups is 2. The Kier molecular flexibility index (Phi) is 3.29. The zero-order valence-corrected chi connectivity index (χ0v) is 12.4. The van der Waals surface area contributed by atoms with Gasteiger partial charge in [-0.2, -0.15) is 0 Å². The van der Waals surface area contributed by atoms with Crippen LogP contribution in [0.3, 0.4) is 0 Å². The molecule has 0 aliphatic carbocycles. The molecule has 0 fully saturated rings. The van der Waals surface area contributed by atoms with Gasteiger partial charge in [0.2, 0.25) is 5.88 Å². The fourth-order valence-corrected chi connectivity index (χ4v) is 2.43. The van der Waals surface area contributed by atoms with Crippen LogP contribution in [0.15, 0.2) is 30.3 Å². The molecule has 1 aliphatic rings. The summed E-state index contributed by atoms with van der Waals surface area (Å²) in [5, 5.41) is 0. The van der Waals surface area contributed by atoms with Crippen molar-refractivity contribution in [2.75, 3.05) is 21.3 Å². The second-order valence-electron chi connectivity index (χ2n) is 4.84. The monoisotopic (exact) mass is 298 g/mol. The van der Waals surface area contributed by atoms with Crippen LogP contribution in [0.1, 0.15) is 20.7 Å². The van der Waals surface area contributed by atoms with E-state index >= 15 is 0 Å². The molecule has 0 saturated carbocycles. The van der Waals surface area contributed by atoms with Gasteiger partial charge in [0, 0.05) is 18.7 Å². The van der Waals surface area contributed by atoms with E-state index in [4.69, 9.17) is 9.47 Å². The molecule has 0 atom stereocenters. The predicted molar refractivity (Wildman–Crippen MR) is 79.2 cm³/mol. The van der Waals surface area contributed by atoms with Crippen LogP contribution in [0, 0.1) is 0 Å². The molecule has 22 heavy (non-hydrogen) atoms. The highest BCUT2D eigenvalue weighted by molar-refractivity contribution is 6.23. The number of pyridine rings is 1. The number of methoxy groups -OCH3 is 2. The summed E-state index contributed by atoms with van der Waals surface area (Å²) in [7, 11) is 4.48. The zero-order chi connectivity index (χ0) is 15.9. The Morgan fingerprint density at radius 3 is 2.50 bits per heavy atom. The number of nitrogens with zero attached hydrogens (tertiary/aromatic N) is 2. The van der Waals surface area contributed by atoms with Crippen molar-refractivity contribution in [1.82, 2.24) is 9.88 Å². The second kappa shape index (κ2) is 5.14. The molecule has 112 valence electrons. The number of aromatic nitrogens is 1. The van der Waals surface area contributed by atoms with E-state index in [1.807, 2.05) is 0 Å². The van der Waals surface area contributed by atoms with Gasteiger partial charge in [0.15, 0.2) is 0 Å². The van der Waals surface area contributed by atoms with Crippen molar-refractivity contribution in [3.63, 3.8) is 0 Å². The van der Waals surface area contributed by atoms with Gasteiger partial charge in [-0.1, -0.05) is 12.1 Å². The normalized spacial score (nSPS) is 13.3. The van der Waals surface area contributed by atoms with Crippen LogP contribution in [0.4, 0.5) is 0 Å². The molecule has 6 nitrogen and oxygen atoms in total. The molecule has 0 radical (unpaired) electrons. The van der Waals surface area contributed by atoms with Crippen LogP contribution in [-0.2, 0) is 0 Å². The van der Waals surface area contributed by atoms with Crippen molar-refractivity contribution in [2.45, 2.75) is 0 Å². The fraction of sp³-hybridized carbons (Fsp3) is 0.188. The molecule has 1 aromatic carbocycles. The highest BCUT2D eigenvalue weighted by Gasteiger charge is 2.37. The summed E-state index contributed by atoms with van der Waals surface area (Å²) in [6.45, 7) is 0. The van der Waals surface area contributed by atoms with Gasteiger partial charge in [-0.25, -0.2) is 4.98 Å². The highest BCUT2D eigenvalue weighted by Crippen LogP contribution is 2.34. The van der Waals surface area contributed by atoms with Crippen LogP contribution in [-0.4, -0.2) is 43.0 Å². The van der Waals surface area contributed by atoms with E-state index in [0.717, 1.165) is 4.90 Å². The van der Waals surface area contributed by atoms with E-state index < -0.39 is 0 Å². The predicted octanol–water partition coefficient (Wildman–Crippen LogP) is 1.99. The van der Waals surface area contributed by atoms with Crippen molar-refractivity contribution in [3.8, 4) is 22.9 Å². The van der Waals surface area contributed by atoms with E-state index in [2.05, 4.69) is 4.98 Å². The number of rotatable bonds is 3. The summed E-state index contributed by atoms with van der Waals surface area (Å²) >= 11 is 0. The van der Waals surface area contributed by atoms with E-state index in [-0.39, 0.29) is 17.7 Å². The lowest BCUT2D eigenvalue weighted by atomic mass is 10.0. The molecule has 0 N–H and O–H groups in total. The van der Waals surface area contributed by atoms with Crippen molar-refractivity contribution in [3.05, 3.63) is 41.5 Å². The van der Waals surface area contributed by atoms with Crippen LogP contribution in [0.2, 0.25) is 0 Å². The molecule has 2 aromatic rings. The quantitative estimate of drug-likeness (QED) is 0.811. The fourth-order valence-electron chi connectivity index (χ4n) is 2.43. The Balaban J connectivity index is 2.28. The topological polar surface area (TPSA) is 68.7 Å². The minimum atomic E-state index is -0.368. The zero-order valence-electron chi connectivity index (χ0n) is 12.4. The molecule has 1 aliphatic heterocycles. The lowest BCUT2D eigenvalue weighted by molar-refractivity contribution is 0.0693. The first-order chi connectivity index (χ1) is 10.6. The lowest BCUT2D eigenvalue weighted by Gasteiger charge is -2.09. The number of fused-ring (bicyclic) bond motifs is 1. The minimum Gasteiger partial charge on any atom is -0.497 e. The van der Waals surface area contributed by atoms with Gasteiger partial charge in [-0.3, -0.25) is 14.5 Å². The molecular formula is C16H14N2O4. The number of amides is 2. The Morgan fingerprint density at radius 2 is 1.82 bits per heavy atom. The van der Waals surface area contributed by atoms with E-state index in [0.29, 0.717) is 28.1 Å². The SMILES string of the molecule is COc1cccc(-c2nc(OC)cc3c2C(=O)N(C)C3=O)c1. The Hall–Kier alpha value is -2.89. The minimum absolute atomic E-state index is 0.285. The summed E-state index contributed by atoms with van der Waals surface area (Å²) in [6, 6.07) is 8.65. The third-order valence-corrected chi connectivity index (χ3v) is 3.60. The molecule has 0 unspecified atom stereocenters. The standard InChI is InChI=1S/C16H14N2O4/c1-18-15(19)11-8-12(22-3)17-14(13(11)16(18)20)9-5-4-6-10(7-9)21-2/h4-8H,1-3H3. The lowest BCUT2D eigenvalue weighted by Crippen LogP contribution is -2.24. The van der Waals surface area contributed by atoms with Gasteiger partial charge in [-0.15, -0.1) is 0 Å². The Morgan fingerprint density at radius 1 is 1.05 bits per heavy atom. The maximum atomic E-state index is 12.3. The molecule has 3 rings (SSSR count). The van der Waals surface area contributed by atoms with Gasteiger partial charge in [0.05, 0.1) is 31.0 Å². The summed E-state index contributed by atoms with van der Waals surface area (Å²) in [5.74, 6) is 0.201. The first kappa shape index (κ1) is 14.1. The van der Waals surface area contributed by atoms with E-state index in [1.54, 1.807) is 31.4 Å². The van der Waals surface area contributed by atoms with Crippen LogP contribution in [0.25, 0.3) is 11.3 Å².